The molecule has 0 spiro atoms. The van der Waals surface area contributed by atoms with Crippen molar-refractivity contribution in [2.24, 2.45) is 0 Å². The van der Waals surface area contributed by atoms with Gasteiger partial charge in [-0.15, -0.1) is 0 Å². The van der Waals surface area contributed by atoms with Gasteiger partial charge < -0.3 is 4.90 Å². The van der Waals surface area contributed by atoms with E-state index in [-0.39, 0.29) is 0 Å². The van der Waals surface area contributed by atoms with E-state index in [2.05, 4.69) is 42.1 Å². The van der Waals surface area contributed by atoms with Gasteiger partial charge in [0.15, 0.2) is 0 Å². The highest BCUT2D eigenvalue weighted by Gasteiger charge is 2.01. The number of nitrogens with zero attached hydrogens (tertiary/aromatic N) is 1. The molecular formula is C15H15N. The molecule has 1 aliphatic heterocycles. The topological polar surface area (TPSA) is 3.24 Å². The fourth-order valence-electron chi connectivity index (χ4n) is 1.68. The molecule has 0 saturated heterocycles. The maximum Gasteiger partial charge on any atom is 0.0476 e. The van der Waals surface area contributed by atoms with Gasteiger partial charge in [0.05, 0.1) is 0 Å². The van der Waals surface area contributed by atoms with Gasteiger partial charge in [0.2, 0.25) is 0 Å². The predicted molar refractivity (Wildman–Crippen MR) is 69.5 cm³/mol. The molecule has 0 atom stereocenters. The molecule has 80 valence electrons. The van der Waals surface area contributed by atoms with Crippen molar-refractivity contribution in [2.45, 2.75) is 6.54 Å². The Kier molecular flexibility index (Phi) is 3.39. The van der Waals surface area contributed by atoms with Crippen molar-refractivity contribution in [1.29, 1.82) is 0 Å². The van der Waals surface area contributed by atoms with Crippen LogP contribution in [-0.2, 0) is 6.54 Å². The third kappa shape index (κ3) is 2.51. The lowest BCUT2D eigenvalue weighted by atomic mass is 10.1. The lowest BCUT2D eigenvalue weighted by molar-refractivity contribution is 0.502. The fraction of sp³-hybridized carbons (Fsp3) is 0.0667. The zero-order chi connectivity index (χ0) is 11.2. The molecule has 0 radical (unpaired) electrons. The molecule has 0 amide bonds. The summed E-state index contributed by atoms with van der Waals surface area (Å²) in [4.78, 5) is 2.16. The monoisotopic (exact) mass is 209 g/mol. The Morgan fingerprint density at radius 2 is 1.69 bits per heavy atom. The summed E-state index contributed by atoms with van der Waals surface area (Å²) in [5.74, 6) is 0. The highest BCUT2D eigenvalue weighted by atomic mass is 15.1. The average Bonchev–Trinajstić information content (AvgIpc) is 2.58. The van der Waals surface area contributed by atoms with Gasteiger partial charge in [-0.2, -0.15) is 0 Å². The summed E-state index contributed by atoms with van der Waals surface area (Å²) < 4.78 is 0. The number of benzene rings is 1. The number of rotatable bonds is 3. The zero-order valence-corrected chi connectivity index (χ0v) is 9.21. The first-order valence-corrected chi connectivity index (χ1v) is 5.38. The molecular weight excluding hydrogens is 194 g/mol. The zero-order valence-electron chi connectivity index (χ0n) is 9.21. The van der Waals surface area contributed by atoms with Gasteiger partial charge in [0.1, 0.15) is 0 Å². The van der Waals surface area contributed by atoms with Crippen molar-refractivity contribution in [3.8, 4) is 0 Å². The quantitative estimate of drug-likeness (QED) is 0.733. The summed E-state index contributed by atoms with van der Waals surface area (Å²) in [6.45, 7) is 4.71. The Balaban J connectivity index is 2.17. The van der Waals surface area contributed by atoms with Crippen LogP contribution in [0.1, 0.15) is 11.1 Å². The van der Waals surface area contributed by atoms with E-state index in [0.717, 1.165) is 6.54 Å². The third-order valence-corrected chi connectivity index (χ3v) is 2.52. The Morgan fingerprint density at radius 3 is 2.38 bits per heavy atom. The Morgan fingerprint density at radius 1 is 1.00 bits per heavy atom. The van der Waals surface area contributed by atoms with Crippen molar-refractivity contribution in [2.75, 3.05) is 0 Å². The van der Waals surface area contributed by atoms with E-state index >= 15 is 0 Å². The van der Waals surface area contributed by atoms with Gasteiger partial charge in [-0.3, -0.25) is 0 Å². The predicted octanol–water partition coefficient (Wildman–Crippen LogP) is 3.73. The van der Waals surface area contributed by atoms with Gasteiger partial charge in [-0.05, 0) is 23.3 Å². The van der Waals surface area contributed by atoms with Crippen LogP contribution in [0, 0.1) is 0 Å². The molecule has 1 aliphatic rings. The van der Waals surface area contributed by atoms with Gasteiger partial charge in [-0.25, -0.2) is 0 Å². The number of hydrogen-bond acceptors (Lipinski definition) is 1. The first-order chi connectivity index (χ1) is 7.90. The number of hydrogen-bond donors (Lipinski definition) is 0. The van der Waals surface area contributed by atoms with Crippen LogP contribution in [0.5, 0.6) is 0 Å². The minimum absolute atomic E-state index is 0.872. The van der Waals surface area contributed by atoms with E-state index in [1.54, 1.807) is 0 Å². The Bertz CT molecular complexity index is 436. The molecule has 0 aliphatic carbocycles. The summed E-state index contributed by atoms with van der Waals surface area (Å²) in [6.07, 6.45) is 14.2. The number of allylic oxidation sites excluding steroid dienone is 4. The SMILES string of the molecule is C=Cc1ccccc1CN1C=CC=CC=C1. The lowest BCUT2D eigenvalue weighted by Gasteiger charge is -2.16. The van der Waals surface area contributed by atoms with Crippen LogP contribution in [0.2, 0.25) is 0 Å². The van der Waals surface area contributed by atoms with Crippen molar-refractivity contribution < 1.29 is 0 Å². The van der Waals surface area contributed by atoms with Gasteiger partial charge >= 0.3 is 0 Å². The second kappa shape index (κ2) is 5.17. The molecule has 0 unspecified atom stereocenters. The van der Waals surface area contributed by atoms with Crippen LogP contribution < -0.4 is 0 Å². The highest BCUT2D eigenvalue weighted by Crippen LogP contribution is 2.14. The molecule has 0 bridgehead atoms. The Labute approximate surface area is 96.7 Å². The van der Waals surface area contributed by atoms with Crippen LogP contribution in [-0.4, -0.2) is 4.90 Å². The molecule has 1 aromatic carbocycles. The molecule has 1 nitrogen and oxygen atoms in total. The van der Waals surface area contributed by atoms with Gasteiger partial charge in [0, 0.05) is 18.9 Å². The van der Waals surface area contributed by atoms with Crippen LogP contribution in [0.3, 0.4) is 0 Å². The van der Waals surface area contributed by atoms with E-state index < -0.39 is 0 Å². The van der Waals surface area contributed by atoms with E-state index in [1.165, 1.54) is 11.1 Å². The second-order valence-electron chi connectivity index (χ2n) is 3.64. The highest BCUT2D eigenvalue weighted by molar-refractivity contribution is 5.51. The van der Waals surface area contributed by atoms with Crippen LogP contribution in [0.4, 0.5) is 0 Å². The van der Waals surface area contributed by atoms with Crippen LogP contribution in [0.25, 0.3) is 6.08 Å². The molecule has 1 aromatic rings. The maximum atomic E-state index is 3.84. The van der Waals surface area contributed by atoms with Crippen molar-refractivity contribution in [3.05, 3.63) is 78.7 Å². The second-order valence-corrected chi connectivity index (χ2v) is 3.64. The minimum atomic E-state index is 0.872. The third-order valence-electron chi connectivity index (χ3n) is 2.52. The van der Waals surface area contributed by atoms with Crippen molar-refractivity contribution in [1.82, 2.24) is 4.90 Å². The summed E-state index contributed by atoms with van der Waals surface area (Å²) in [5.41, 5.74) is 2.48. The largest absolute Gasteiger partial charge is 0.350 e. The molecule has 1 heteroatoms. The minimum Gasteiger partial charge on any atom is -0.350 e. The molecule has 0 saturated carbocycles. The molecule has 0 fully saturated rings. The van der Waals surface area contributed by atoms with Gasteiger partial charge in [0.25, 0.3) is 0 Å². The van der Waals surface area contributed by atoms with E-state index in [4.69, 9.17) is 0 Å². The lowest BCUT2D eigenvalue weighted by Crippen LogP contribution is -2.09. The standard InChI is InChI=1S/C15H15N/c1-2-14-9-5-6-10-15(14)13-16-11-7-3-4-8-12-16/h2-12H,1,13H2. The van der Waals surface area contributed by atoms with Crippen LogP contribution >= 0.6 is 0 Å². The first-order valence-electron chi connectivity index (χ1n) is 5.38. The van der Waals surface area contributed by atoms with Crippen molar-refractivity contribution >= 4 is 6.08 Å². The fourth-order valence-corrected chi connectivity index (χ4v) is 1.68. The van der Waals surface area contributed by atoms with Gasteiger partial charge in [-0.1, -0.05) is 49.1 Å². The molecule has 0 N–H and O–H groups in total. The smallest absolute Gasteiger partial charge is 0.0476 e. The molecule has 1 heterocycles. The summed E-state index contributed by atoms with van der Waals surface area (Å²) in [6, 6.07) is 8.32. The summed E-state index contributed by atoms with van der Waals surface area (Å²) in [5, 5.41) is 0. The van der Waals surface area contributed by atoms with E-state index in [0.29, 0.717) is 0 Å². The Hall–Kier alpha value is -2.02. The maximum absolute atomic E-state index is 3.84. The molecule has 2 rings (SSSR count). The summed E-state index contributed by atoms with van der Waals surface area (Å²) >= 11 is 0. The average molecular weight is 209 g/mol. The first kappa shape index (κ1) is 10.5. The van der Waals surface area contributed by atoms with Crippen molar-refractivity contribution in [3.63, 3.8) is 0 Å². The molecule has 16 heavy (non-hydrogen) atoms. The van der Waals surface area contributed by atoms with E-state index in [1.807, 2.05) is 36.4 Å². The normalized spacial score (nSPS) is 13.9. The van der Waals surface area contributed by atoms with E-state index in [9.17, 15) is 0 Å². The van der Waals surface area contributed by atoms with Crippen LogP contribution in [0.15, 0.2) is 67.5 Å². The summed E-state index contributed by atoms with van der Waals surface area (Å²) in [7, 11) is 0. The molecule has 0 aromatic heterocycles.